The molecule has 1 fully saturated rings. The third-order valence-corrected chi connectivity index (χ3v) is 3.64. The van der Waals surface area contributed by atoms with Crippen molar-refractivity contribution in [2.45, 2.75) is 25.3 Å². The summed E-state index contributed by atoms with van der Waals surface area (Å²) in [4.78, 5) is 37.5. The summed E-state index contributed by atoms with van der Waals surface area (Å²) >= 11 is 0. The summed E-state index contributed by atoms with van der Waals surface area (Å²) in [6, 6.07) is -1.54. The number of carbonyl (C=O) groups is 3. The molecule has 8 nitrogen and oxygen atoms in total. The lowest BCUT2D eigenvalue weighted by Crippen LogP contribution is -2.48. The number of primary amides is 1. The monoisotopic (exact) mass is 300 g/mol. The van der Waals surface area contributed by atoms with Gasteiger partial charge in [0.1, 0.15) is 6.04 Å². The Kier molecular flexibility index (Phi) is 6.41. The first-order chi connectivity index (χ1) is 9.79. The predicted octanol–water partition coefficient (Wildman–Crippen LogP) is -0.702. The molecule has 0 aromatic rings. The molecule has 1 heterocycles. The molecule has 2 atom stereocenters. The highest BCUT2D eigenvalue weighted by Crippen LogP contribution is 2.15. The standard InChI is InChI=1S/C13H24N4O4/c1-16-6-5-9(7-16)8-17(2)13(21)15-10(12(19)20)3-4-11(14)18/h9-10H,3-8H2,1-2H3,(H2,14,18)(H,15,21)(H,19,20)/t9?,10-/m0/s1. The molecule has 4 N–H and O–H groups in total. The average Bonchev–Trinajstić information content (AvgIpc) is 2.78. The zero-order chi connectivity index (χ0) is 16.0. The number of nitrogens with zero attached hydrogens (tertiary/aromatic N) is 2. The van der Waals surface area contributed by atoms with Crippen molar-refractivity contribution in [2.75, 3.05) is 33.7 Å². The number of urea groups is 1. The minimum Gasteiger partial charge on any atom is -0.480 e. The number of aliphatic carboxylic acids is 1. The van der Waals surface area contributed by atoms with Crippen LogP contribution in [0.1, 0.15) is 19.3 Å². The van der Waals surface area contributed by atoms with Crippen molar-refractivity contribution >= 4 is 17.9 Å². The van der Waals surface area contributed by atoms with E-state index in [1.165, 1.54) is 4.90 Å². The average molecular weight is 300 g/mol. The molecule has 1 unspecified atom stereocenters. The van der Waals surface area contributed by atoms with Gasteiger partial charge in [0.25, 0.3) is 0 Å². The fourth-order valence-corrected chi connectivity index (χ4v) is 2.45. The van der Waals surface area contributed by atoms with E-state index in [-0.39, 0.29) is 12.8 Å². The SMILES string of the molecule is CN1CCC(CN(C)C(=O)N[C@@H](CCC(N)=O)C(=O)O)C1. The predicted molar refractivity (Wildman–Crippen MR) is 76.6 cm³/mol. The van der Waals surface area contributed by atoms with Gasteiger partial charge in [-0.2, -0.15) is 0 Å². The number of amides is 3. The van der Waals surface area contributed by atoms with Gasteiger partial charge in [0.15, 0.2) is 0 Å². The molecule has 8 heteroatoms. The van der Waals surface area contributed by atoms with Crippen molar-refractivity contribution in [3.05, 3.63) is 0 Å². The highest BCUT2D eigenvalue weighted by atomic mass is 16.4. The fraction of sp³-hybridized carbons (Fsp3) is 0.769. The number of rotatable bonds is 7. The number of hydrogen-bond acceptors (Lipinski definition) is 4. The normalized spacial score (nSPS) is 20.0. The number of carboxylic acids is 1. The zero-order valence-corrected chi connectivity index (χ0v) is 12.5. The van der Waals surface area contributed by atoms with Crippen LogP contribution < -0.4 is 11.1 Å². The van der Waals surface area contributed by atoms with Gasteiger partial charge in [-0.05, 0) is 32.4 Å². The van der Waals surface area contributed by atoms with E-state index < -0.39 is 23.9 Å². The van der Waals surface area contributed by atoms with E-state index in [1.54, 1.807) is 7.05 Å². The summed E-state index contributed by atoms with van der Waals surface area (Å²) < 4.78 is 0. The molecule has 1 aliphatic rings. The lowest BCUT2D eigenvalue weighted by atomic mass is 10.1. The molecule has 0 aromatic carbocycles. The first-order valence-electron chi connectivity index (χ1n) is 7.01. The smallest absolute Gasteiger partial charge is 0.326 e. The molecule has 0 radical (unpaired) electrons. The maximum Gasteiger partial charge on any atom is 0.326 e. The Bertz CT molecular complexity index is 402. The Morgan fingerprint density at radius 1 is 1.48 bits per heavy atom. The number of carboxylic acid groups (broad SMARTS) is 1. The van der Waals surface area contributed by atoms with Gasteiger partial charge in [-0.25, -0.2) is 9.59 Å². The van der Waals surface area contributed by atoms with Gasteiger partial charge in [-0.3, -0.25) is 4.79 Å². The van der Waals surface area contributed by atoms with Crippen LogP contribution >= 0.6 is 0 Å². The second kappa shape index (κ2) is 7.82. The Labute approximate surface area is 124 Å². The minimum atomic E-state index is -1.17. The molecule has 0 aliphatic carbocycles. The molecular weight excluding hydrogens is 276 g/mol. The molecule has 1 rings (SSSR count). The van der Waals surface area contributed by atoms with E-state index in [2.05, 4.69) is 10.2 Å². The first-order valence-corrected chi connectivity index (χ1v) is 7.01. The number of nitrogens with two attached hydrogens (primary N) is 1. The van der Waals surface area contributed by atoms with Crippen LogP contribution in [0.5, 0.6) is 0 Å². The molecule has 1 aliphatic heterocycles. The Morgan fingerprint density at radius 3 is 2.62 bits per heavy atom. The van der Waals surface area contributed by atoms with Crippen molar-refractivity contribution in [2.24, 2.45) is 11.7 Å². The van der Waals surface area contributed by atoms with Crippen molar-refractivity contribution in [1.29, 1.82) is 0 Å². The maximum atomic E-state index is 12.0. The molecule has 0 saturated carbocycles. The largest absolute Gasteiger partial charge is 0.480 e. The van der Waals surface area contributed by atoms with Crippen molar-refractivity contribution in [1.82, 2.24) is 15.1 Å². The fourth-order valence-electron chi connectivity index (χ4n) is 2.45. The topological polar surface area (TPSA) is 116 Å². The van der Waals surface area contributed by atoms with E-state index in [1.807, 2.05) is 7.05 Å². The Balaban J connectivity index is 2.44. The second-order valence-electron chi connectivity index (χ2n) is 5.64. The van der Waals surface area contributed by atoms with Gasteiger partial charge in [0, 0.05) is 26.6 Å². The number of hydrogen-bond donors (Lipinski definition) is 3. The van der Waals surface area contributed by atoms with Gasteiger partial charge < -0.3 is 26.0 Å². The zero-order valence-electron chi connectivity index (χ0n) is 12.5. The molecule has 1 saturated heterocycles. The number of nitrogens with one attached hydrogen (secondary N) is 1. The lowest BCUT2D eigenvalue weighted by Gasteiger charge is -2.23. The van der Waals surface area contributed by atoms with E-state index in [4.69, 9.17) is 10.8 Å². The van der Waals surface area contributed by atoms with Gasteiger partial charge in [-0.15, -0.1) is 0 Å². The van der Waals surface area contributed by atoms with Crippen LogP contribution in [0.15, 0.2) is 0 Å². The van der Waals surface area contributed by atoms with Crippen molar-refractivity contribution < 1.29 is 19.5 Å². The van der Waals surface area contributed by atoms with Crippen LogP contribution in [-0.2, 0) is 9.59 Å². The van der Waals surface area contributed by atoms with Crippen LogP contribution in [0.3, 0.4) is 0 Å². The van der Waals surface area contributed by atoms with Crippen LogP contribution in [-0.4, -0.2) is 72.6 Å². The van der Waals surface area contributed by atoms with Crippen LogP contribution in [0, 0.1) is 5.92 Å². The van der Waals surface area contributed by atoms with Gasteiger partial charge in [-0.1, -0.05) is 0 Å². The van der Waals surface area contributed by atoms with E-state index >= 15 is 0 Å². The second-order valence-corrected chi connectivity index (χ2v) is 5.64. The quantitative estimate of drug-likeness (QED) is 0.575. The van der Waals surface area contributed by atoms with Crippen molar-refractivity contribution in [3.8, 4) is 0 Å². The molecule has 120 valence electrons. The third kappa shape index (κ3) is 5.99. The molecule has 0 aromatic heterocycles. The summed E-state index contributed by atoms with van der Waals surface area (Å²) in [6.45, 7) is 2.52. The van der Waals surface area contributed by atoms with Crippen LogP contribution in [0.25, 0.3) is 0 Å². The molecule has 0 bridgehead atoms. The lowest BCUT2D eigenvalue weighted by molar-refractivity contribution is -0.139. The summed E-state index contributed by atoms with van der Waals surface area (Å²) in [6.07, 6.45) is 0.947. The van der Waals surface area contributed by atoms with Gasteiger partial charge >= 0.3 is 12.0 Å². The number of carbonyl (C=O) groups excluding carboxylic acids is 2. The highest BCUT2D eigenvalue weighted by Gasteiger charge is 2.25. The van der Waals surface area contributed by atoms with Gasteiger partial charge in [0.05, 0.1) is 0 Å². The summed E-state index contributed by atoms with van der Waals surface area (Å²) in [7, 11) is 3.67. The Morgan fingerprint density at radius 2 is 2.14 bits per heavy atom. The molecule has 21 heavy (non-hydrogen) atoms. The third-order valence-electron chi connectivity index (χ3n) is 3.64. The van der Waals surface area contributed by atoms with Crippen molar-refractivity contribution in [3.63, 3.8) is 0 Å². The maximum absolute atomic E-state index is 12.0. The van der Waals surface area contributed by atoms with Gasteiger partial charge in [0.2, 0.25) is 5.91 Å². The molecule has 0 spiro atoms. The summed E-state index contributed by atoms with van der Waals surface area (Å²) in [5.41, 5.74) is 4.99. The van der Waals surface area contributed by atoms with Crippen LogP contribution in [0.4, 0.5) is 4.79 Å². The van der Waals surface area contributed by atoms with Crippen LogP contribution in [0.2, 0.25) is 0 Å². The summed E-state index contributed by atoms with van der Waals surface area (Å²) in [5, 5.41) is 11.5. The molecule has 3 amide bonds. The number of likely N-dealkylation sites (tertiary alicyclic amines) is 1. The summed E-state index contributed by atoms with van der Waals surface area (Å²) in [5.74, 6) is -1.35. The van der Waals surface area contributed by atoms with E-state index in [9.17, 15) is 14.4 Å². The highest BCUT2D eigenvalue weighted by molar-refractivity contribution is 5.83. The molecular formula is C13H24N4O4. The minimum absolute atomic E-state index is 0.00356. The first kappa shape index (κ1) is 17.2. The van der Waals surface area contributed by atoms with E-state index in [0.717, 1.165) is 19.5 Å². The Hall–Kier alpha value is -1.83. The van der Waals surface area contributed by atoms with E-state index in [0.29, 0.717) is 12.5 Å².